The summed E-state index contributed by atoms with van der Waals surface area (Å²) in [6.07, 6.45) is 1.95. The van der Waals surface area contributed by atoms with Crippen molar-refractivity contribution in [3.63, 3.8) is 0 Å². The maximum absolute atomic E-state index is 12.3. The number of likely N-dealkylation sites (tertiary alicyclic amines) is 1. The molecule has 20 heavy (non-hydrogen) atoms. The highest BCUT2D eigenvalue weighted by Gasteiger charge is 2.34. The Kier molecular flexibility index (Phi) is 4.24. The molecule has 1 aliphatic heterocycles. The molecule has 2 rings (SSSR count). The average molecular weight is 298 g/mol. The highest BCUT2D eigenvalue weighted by atomic mass is 32.2. The number of amides is 1. The van der Waals surface area contributed by atoms with E-state index in [9.17, 15) is 13.2 Å². The molecule has 2 heterocycles. The second-order valence-electron chi connectivity index (χ2n) is 4.59. The minimum absolute atomic E-state index is 0.186. The summed E-state index contributed by atoms with van der Waals surface area (Å²) in [5.41, 5.74) is 0.464. The standard InChI is InChI=1S/C12H18N4O3S/c1-13-11-4-3-9(7-15-11)12(17)16-6-5-10(8-16)20(18,19)14-2/h3-4,7,10,14H,5-6,8H2,1-2H3,(H,13,15). The molecule has 1 unspecified atom stereocenters. The Bertz CT molecular complexity index is 585. The molecule has 1 aliphatic rings. The van der Waals surface area contributed by atoms with Crippen LogP contribution in [0.4, 0.5) is 5.82 Å². The molecule has 1 fully saturated rings. The fraction of sp³-hybridized carbons (Fsp3) is 0.500. The number of nitrogens with one attached hydrogen (secondary N) is 2. The monoisotopic (exact) mass is 298 g/mol. The predicted molar refractivity (Wildman–Crippen MR) is 76.1 cm³/mol. The summed E-state index contributed by atoms with van der Waals surface area (Å²) in [5.74, 6) is 0.493. The minimum Gasteiger partial charge on any atom is -0.373 e. The maximum atomic E-state index is 12.3. The number of rotatable bonds is 4. The third-order valence-corrected chi connectivity index (χ3v) is 5.25. The quantitative estimate of drug-likeness (QED) is 0.809. The van der Waals surface area contributed by atoms with Crippen LogP contribution in [0.15, 0.2) is 18.3 Å². The number of nitrogens with zero attached hydrogens (tertiary/aromatic N) is 2. The van der Waals surface area contributed by atoms with E-state index in [0.717, 1.165) is 0 Å². The SMILES string of the molecule is CNc1ccc(C(=O)N2CCC(S(=O)(=O)NC)C2)cn1. The molecule has 2 N–H and O–H groups in total. The van der Waals surface area contributed by atoms with Crippen LogP contribution in [0.1, 0.15) is 16.8 Å². The first-order valence-electron chi connectivity index (χ1n) is 6.33. The van der Waals surface area contributed by atoms with Crippen LogP contribution < -0.4 is 10.0 Å². The van der Waals surface area contributed by atoms with E-state index in [0.29, 0.717) is 24.3 Å². The van der Waals surface area contributed by atoms with Crippen LogP contribution in [0.2, 0.25) is 0 Å². The van der Waals surface area contributed by atoms with Crippen molar-refractivity contribution in [2.45, 2.75) is 11.7 Å². The summed E-state index contributed by atoms with van der Waals surface area (Å²) in [7, 11) is -0.190. The second-order valence-corrected chi connectivity index (χ2v) is 6.76. The van der Waals surface area contributed by atoms with Gasteiger partial charge in [0.15, 0.2) is 0 Å². The van der Waals surface area contributed by atoms with Crippen LogP contribution >= 0.6 is 0 Å². The Hall–Kier alpha value is -1.67. The molecule has 0 spiro atoms. The Balaban J connectivity index is 2.07. The Morgan fingerprint density at radius 2 is 2.15 bits per heavy atom. The third kappa shape index (κ3) is 2.91. The van der Waals surface area contributed by atoms with Gasteiger partial charge < -0.3 is 10.2 Å². The molecule has 1 amide bonds. The lowest BCUT2D eigenvalue weighted by Gasteiger charge is -2.16. The van der Waals surface area contributed by atoms with Gasteiger partial charge >= 0.3 is 0 Å². The van der Waals surface area contributed by atoms with E-state index >= 15 is 0 Å². The molecule has 7 nitrogen and oxygen atoms in total. The van der Waals surface area contributed by atoms with Gasteiger partial charge in [-0.3, -0.25) is 4.79 Å². The van der Waals surface area contributed by atoms with E-state index < -0.39 is 15.3 Å². The van der Waals surface area contributed by atoms with Gasteiger partial charge in [-0.2, -0.15) is 0 Å². The summed E-state index contributed by atoms with van der Waals surface area (Å²) in [5, 5.41) is 2.33. The van der Waals surface area contributed by atoms with Crippen LogP contribution in [-0.2, 0) is 10.0 Å². The summed E-state index contributed by atoms with van der Waals surface area (Å²) in [6, 6.07) is 3.40. The Morgan fingerprint density at radius 3 is 2.70 bits per heavy atom. The summed E-state index contributed by atoms with van der Waals surface area (Å²) in [4.78, 5) is 17.9. The molecular weight excluding hydrogens is 280 g/mol. The molecule has 110 valence electrons. The van der Waals surface area contributed by atoms with Crippen molar-refractivity contribution < 1.29 is 13.2 Å². The van der Waals surface area contributed by atoms with Gasteiger partial charge in [0, 0.05) is 26.3 Å². The van der Waals surface area contributed by atoms with Gasteiger partial charge in [0.1, 0.15) is 5.82 Å². The van der Waals surface area contributed by atoms with Crippen molar-refractivity contribution >= 4 is 21.7 Å². The third-order valence-electron chi connectivity index (χ3n) is 3.42. The number of hydrogen-bond acceptors (Lipinski definition) is 5. The first kappa shape index (κ1) is 14.7. The number of aromatic nitrogens is 1. The van der Waals surface area contributed by atoms with Crippen LogP contribution in [0.3, 0.4) is 0 Å². The maximum Gasteiger partial charge on any atom is 0.255 e. The average Bonchev–Trinajstić information content (AvgIpc) is 2.97. The van der Waals surface area contributed by atoms with E-state index in [-0.39, 0.29) is 12.5 Å². The number of hydrogen-bond donors (Lipinski definition) is 2. The Morgan fingerprint density at radius 1 is 1.40 bits per heavy atom. The Labute approximate surface area is 118 Å². The molecule has 1 atom stereocenters. The molecule has 1 aromatic heterocycles. The van der Waals surface area contributed by atoms with Gasteiger partial charge in [-0.05, 0) is 25.6 Å². The number of anilines is 1. The van der Waals surface area contributed by atoms with Crippen molar-refractivity contribution in [2.24, 2.45) is 0 Å². The van der Waals surface area contributed by atoms with Crippen LogP contribution in [0.25, 0.3) is 0 Å². The zero-order valence-corrected chi connectivity index (χ0v) is 12.3. The van der Waals surface area contributed by atoms with E-state index in [1.807, 2.05) is 0 Å². The van der Waals surface area contributed by atoms with Gasteiger partial charge in [0.2, 0.25) is 10.0 Å². The molecule has 0 radical (unpaired) electrons. The van der Waals surface area contributed by atoms with Crippen molar-refractivity contribution in [2.75, 3.05) is 32.5 Å². The molecule has 1 saturated heterocycles. The normalized spacial score (nSPS) is 19.1. The van der Waals surface area contributed by atoms with Crippen molar-refractivity contribution in [1.29, 1.82) is 0 Å². The van der Waals surface area contributed by atoms with Crippen LogP contribution in [-0.4, -0.2) is 56.6 Å². The largest absolute Gasteiger partial charge is 0.373 e. The second kappa shape index (κ2) is 5.76. The number of carbonyl (C=O) groups excluding carboxylic acids is 1. The topological polar surface area (TPSA) is 91.4 Å². The first-order valence-corrected chi connectivity index (χ1v) is 7.88. The van der Waals surface area contributed by atoms with E-state index in [2.05, 4.69) is 15.0 Å². The summed E-state index contributed by atoms with van der Waals surface area (Å²) >= 11 is 0. The highest BCUT2D eigenvalue weighted by molar-refractivity contribution is 7.90. The van der Waals surface area contributed by atoms with Crippen molar-refractivity contribution in [1.82, 2.24) is 14.6 Å². The molecule has 0 saturated carbocycles. The predicted octanol–water partition coefficient (Wildman–Crippen LogP) is -0.113. The summed E-state index contributed by atoms with van der Waals surface area (Å²) in [6.45, 7) is 0.661. The lowest BCUT2D eigenvalue weighted by Crippen LogP contribution is -2.36. The molecule has 1 aromatic rings. The zero-order valence-electron chi connectivity index (χ0n) is 11.5. The number of sulfonamides is 1. The van der Waals surface area contributed by atoms with Crippen molar-refractivity contribution in [3.8, 4) is 0 Å². The number of carbonyl (C=O) groups is 1. The summed E-state index contributed by atoms with van der Waals surface area (Å²) < 4.78 is 25.8. The minimum atomic E-state index is -3.33. The number of pyridine rings is 1. The van der Waals surface area contributed by atoms with Crippen molar-refractivity contribution in [3.05, 3.63) is 23.9 Å². The highest BCUT2D eigenvalue weighted by Crippen LogP contribution is 2.18. The van der Waals surface area contributed by atoms with Crippen LogP contribution in [0, 0.1) is 0 Å². The lowest BCUT2D eigenvalue weighted by atomic mass is 10.2. The lowest BCUT2D eigenvalue weighted by molar-refractivity contribution is 0.0793. The smallest absolute Gasteiger partial charge is 0.255 e. The zero-order chi connectivity index (χ0) is 14.8. The molecule has 0 aliphatic carbocycles. The van der Waals surface area contributed by atoms with Crippen LogP contribution in [0.5, 0.6) is 0 Å². The first-order chi connectivity index (χ1) is 9.47. The van der Waals surface area contributed by atoms with Gasteiger partial charge in [-0.15, -0.1) is 0 Å². The fourth-order valence-corrected chi connectivity index (χ4v) is 3.31. The van der Waals surface area contributed by atoms with E-state index in [4.69, 9.17) is 0 Å². The van der Waals surface area contributed by atoms with Gasteiger partial charge in [0.05, 0.1) is 10.8 Å². The van der Waals surface area contributed by atoms with Gasteiger partial charge in [-0.1, -0.05) is 0 Å². The van der Waals surface area contributed by atoms with E-state index in [1.165, 1.54) is 13.2 Å². The molecule has 0 aromatic carbocycles. The van der Waals surface area contributed by atoms with Gasteiger partial charge in [0.25, 0.3) is 5.91 Å². The molecular formula is C12H18N4O3S. The molecule has 0 bridgehead atoms. The van der Waals surface area contributed by atoms with E-state index in [1.54, 1.807) is 24.1 Å². The molecule has 8 heteroatoms. The van der Waals surface area contributed by atoms with Gasteiger partial charge in [-0.25, -0.2) is 18.1 Å². The fourth-order valence-electron chi connectivity index (χ4n) is 2.18.